The molecule has 0 saturated carbocycles. The highest BCUT2D eigenvalue weighted by Gasteiger charge is 2.15. The van der Waals surface area contributed by atoms with Crippen LogP contribution in [0.25, 0.3) is 0 Å². The Labute approximate surface area is 116 Å². The van der Waals surface area contributed by atoms with Crippen LogP contribution >= 0.6 is 0 Å². The van der Waals surface area contributed by atoms with E-state index >= 15 is 0 Å². The van der Waals surface area contributed by atoms with Crippen molar-refractivity contribution in [3.8, 4) is 11.5 Å². The lowest BCUT2D eigenvalue weighted by Gasteiger charge is -2.21. The van der Waals surface area contributed by atoms with Crippen molar-refractivity contribution in [2.45, 2.75) is 45.4 Å². The molecule has 2 nitrogen and oxygen atoms in total. The Morgan fingerprint density at radius 2 is 1.89 bits per heavy atom. The number of rotatable bonds is 6. The zero-order chi connectivity index (χ0) is 13.5. The monoisotopic (exact) mass is 260 g/mol. The molecule has 1 unspecified atom stereocenters. The van der Waals surface area contributed by atoms with Crippen molar-refractivity contribution in [2.24, 2.45) is 0 Å². The minimum Gasteiger partial charge on any atom is -0.486 e. The summed E-state index contributed by atoms with van der Waals surface area (Å²) in [5, 5.41) is 0. The predicted octanol–water partition coefficient (Wildman–Crippen LogP) is 4.70. The number of hydrogen-bond donors (Lipinski definition) is 0. The number of allylic oxidation sites excluding steroid dienone is 2. The van der Waals surface area contributed by atoms with Crippen LogP contribution in [0.1, 0.15) is 51.0 Å². The highest BCUT2D eigenvalue weighted by Crippen LogP contribution is 2.35. The van der Waals surface area contributed by atoms with Crippen molar-refractivity contribution in [3.63, 3.8) is 0 Å². The van der Waals surface area contributed by atoms with Crippen molar-refractivity contribution in [1.29, 1.82) is 0 Å². The molecule has 0 aromatic heterocycles. The molecule has 1 heterocycles. The second-order valence-electron chi connectivity index (χ2n) is 5.00. The molecule has 1 aliphatic heterocycles. The quantitative estimate of drug-likeness (QED) is 0.690. The Balaban J connectivity index is 2.13. The highest BCUT2D eigenvalue weighted by molar-refractivity contribution is 5.44. The summed E-state index contributed by atoms with van der Waals surface area (Å²) in [4.78, 5) is 0. The zero-order valence-electron chi connectivity index (χ0n) is 12.0. The molecule has 1 aromatic carbocycles. The Bertz CT molecular complexity index is 423. The van der Waals surface area contributed by atoms with Gasteiger partial charge >= 0.3 is 0 Å². The molecule has 0 aliphatic carbocycles. The fraction of sp³-hybridized carbons (Fsp3) is 0.529. The van der Waals surface area contributed by atoms with Crippen molar-refractivity contribution < 1.29 is 9.47 Å². The first kappa shape index (κ1) is 14.0. The molecule has 0 N–H and O–H groups in total. The van der Waals surface area contributed by atoms with Crippen LogP contribution in [0.5, 0.6) is 11.5 Å². The molecule has 0 saturated heterocycles. The second-order valence-corrected chi connectivity index (χ2v) is 5.00. The first-order valence-corrected chi connectivity index (χ1v) is 7.39. The van der Waals surface area contributed by atoms with E-state index in [-0.39, 0.29) is 0 Å². The van der Waals surface area contributed by atoms with E-state index < -0.39 is 0 Å². The summed E-state index contributed by atoms with van der Waals surface area (Å²) >= 11 is 0. The fourth-order valence-electron chi connectivity index (χ4n) is 2.51. The second kappa shape index (κ2) is 7.22. The van der Waals surface area contributed by atoms with Gasteiger partial charge in [0.15, 0.2) is 11.5 Å². The van der Waals surface area contributed by atoms with Crippen molar-refractivity contribution in [3.05, 3.63) is 35.9 Å². The normalized spacial score (nSPS) is 15.7. The molecule has 104 valence electrons. The van der Waals surface area contributed by atoms with Crippen LogP contribution in [0, 0.1) is 0 Å². The molecular formula is C17H24O2. The molecule has 0 radical (unpaired) electrons. The van der Waals surface area contributed by atoms with Crippen LogP contribution < -0.4 is 9.47 Å². The average Bonchev–Trinajstić information content (AvgIpc) is 2.46. The van der Waals surface area contributed by atoms with Gasteiger partial charge in [0.25, 0.3) is 0 Å². The van der Waals surface area contributed by atoms with Gasteiger partial charge in [-0.15, -0.1) is 0 Å². The SMILES string of the molecule is CC/C=C\CC(CCC)c1ccc2c(c1)OCCO2. The highest BCUT2D eigenvalue weighted by atomic mass is 16.6. The van der Waals surface area contributed by atoms with Crippen LogP contribution in [0.4, 0.5) is 0 Å². The summed E-state index contributed by atoms with van der Waals surface area (Å²) in [6.07, 6.45) is 9.20. The van der Waals surface area contributed by atoms with E-state index in [9.17, 15) is 0 Å². The summed E-state index contributed by atoms with van der Waals surface area (Å²) in [5.74, 6) is 2.38. The van der Waals surface area contributed by atoms with Gasteiger partial charge < -0.3 is 9.47 Å². The Morgan fingerprint density at radius 1 is 1.11 bits per heavy atom. The lowest BCUT2D eigenvalue weighted by Crippen LogP contribution is -2.15. The van der Waals surface area contributed by atoms with Crippen molar-refractivity contribution in [2.75, 3.05) is 13.2 Å². The molecule has 0 spiro atoms. The van der Waals surface area contributed by atoms with Crippen LogP contribution in [0.15, 0.2) is 30.4 Å². The maximum absolute atomic E-state index is 5.68. The number of hydrogen-bond acceptors (Lipinski definition) is 2. The Kier molecular flexibility index (Phi) is 5.31. The van der Waals surface area contributed by atoms with E-state index in [1.807, 2.05) is 0 Å². The van der Waals surface area contributed by atoms with Gasteiger partial charge in [0.05, 0.1) is 0 Å². The van der Waals surface area contributed by atoms with E-state index in [4.69, 9.17) is 9.47 Å². The molecule has 1 atom stereocenters. The van der Waals surface area contributed by atoms with Gasteiger partial charge in [-0.3, -0.25) is 0 Å². The molecule has 0 amide bonds. The van der Waals surface area contributed by atoms with Crippen LogP contribution in [0.2, 0.25) is 0 Å². The first-order valence-electron chi connectivity index (χ1n) is 7.39. The number of fused-ring (bicyclic) bond motifs is 1. The lowest BCUT2D eigenvalue weighted by molar-refractivity contribution is 0.171. The minimum atomic E-state index is 0.587. The predicted molar refractivity (Wildman–Crippen MR) is 79.1 cm³/mol. The third-order valence-electron chi connectivity index (χ3n) is 3.50. The Hall–Kier alpha value is -1.44. The minimum absolute atomic E-state index is 0.587. The number of ether oxygens (including phenoxy) is 2. The zero-order valence-corrected chi connectivity index (χ0v) is 12.0. The lowest BCUT2D eigenvalue weighted by atomic mass is 9.91. The molecular weight excluding hydrogens is 236 g/mol. The third kappa shape index (κ3) is 3.76. The smallest absolute Gasteiger partial charge is 0.161 e. The van der Waals surface area contributed by atoms with E-state index in [1.165, 1.54) is 18.4 Å². The molecule has 19 heavy (non-hydrogen) atoms. The molecule has 0 fully saturated rings. The molecule has 1 aromatic rings. The van der Waals surface area contributed by atoms with E-state index in [1.54, 1.807) is 0 Å². The third-order valence-corrected chi connectivity index (χ3v) is 3.50. The topological polar surface area (TPSA) is 18.5 Å². The first-order chi connectivity index (χ1) is 9.35. The average molecular weight is 260 g/mol. The maximum Gasteiger partial charge on any atom is 0.161 e. The number of benzene rings is 1. The molecule has 2 heteroatoms. The maximum atomic E-state index is 5.68. The van der Waals surface area contributed by atoms with Gasteiger partial charge in [-0.05, 0) is 42.9 Å². The van der Waals surface area contributed by atoms with Crippen molar-refractivity contribution >= 4 is 0 Å². The summed E-state index contributed by atoms with van der Waals surface area (Å²) < 4.78 is 11.3. The standard InChI is InChI=1S/C17H24O2/c1-3-5-6-8-14(7-4-2)15-9-10-16-17(13-15)19-12-11-18-16/h5-6,9-10,13-14H,3-4,7-8,11-12H2,1-2H3/b6-5-. The van der Waals surface area contributed by atoms with Gasteiger partial charge in [-0.1, -0.05) is 38.5 Å². The van der Waals surface area contributed by atoms with Gasteiger partial charge in [-0.25, -0.2) is 0 Å². The van der Waals surface area contributed by atoms with Crippen molar-refractivity contribution in [1.82, 2.24) is 0 Å². The van der Waals surface area contributed by atoms with Crippen LogP contribution in [-0.2, 0) is 0 Å². The van der Waals surface area contributed by atoms with E-state index in [2.05, 4.69) is 44.2 Å². The van der Waals surface area contributed by atoms with Gasteiger partial charge in [0, 0.05) is 0 Å². The van der Waals surface area contributed by atoms with E-state index in [0.717, 1.165) is 24.3 Å². The summed E-state index contributed by atoms with van der Waals surface area (Å²) in [5.41, 5.74) is 1.37. The van der Waals surface area contributed by atoms with Gasteiger partial charge in [-0.2, -0.15) is 0 Å². The summed E-state index contributed by atoms with van der Waals surface area (Å²) in [7, 11) is 0. The molecule has 2 rings (SSSR count). The van der Waals surface area contributed by atoms with Crippen LogP contribution in [0.3, 0.4) is 0 Å². The molecule has 1 aliphatic rings. The van der Waals surface area contributed by atoms with E-state index in [0.29, 0.717) is 19.1 Å². The summed E-state index contributed by atoms with van der Waals surface area (Å²) in [6, 6.07) is 6.40. The fourth-order valence-corrected chi connectivity index (χ4v) is 2.51. The Morgan fingerprint density at radius 3 is 2.63 bits per heavy atom. The van der Waals surface area contributed by atoms with Gasteiger partial charge in [0.1, 0.15) is 13.2 Å². The largest absolute Gasteiger partial charge is 0.486 e. The summed E-state index contributed by atoms with van der Waals surface area (Å²) in [6.45, 7) is 5.73. The van der Waals surface area contributed by atoms with Gasteiger partial charge in [0.2, 0.25) is 0 Å². The molecule has 0 bridgehead atoms. The van der Waals surface area contributed by atoms with Crippen LogP contribution in [-0.4, -0.2) is 13.2 Å².